The number of fused-ring (bicyclic) bond motifs is 1. The van der Waals surface area contributed by atoms with Crippen LogP contribution in [0.25, 0.3) is 4.96 Å². The summed E-state index contributed by atoms with van der Waals surface area (Å²) in [4.78, 5) is 0.811. The normalized spacial score (nSPS) is 13.4. The number of nitrogens with two attached hydrogens (primary N) is 1. The Bertz CT molecular complexity index is 465. The van der Waals surface area contributed by atoms with E-state index in [9.17, 15) is 0 Å². The first-order chi connectivity index (χ1) is 7.76. The molecular formula is C9H15N5OS. The molecule has 2 N–H and O–H groups in total. The van der Waals surface area contributed by atoms with Gasteiger partial charge in [0.15, 0.2) is 5.82 Å². The van der Waals surface area contributed by atoms with Gasteiger partial charge >= 0.3 is 0 Å². The van der Waals surface area contributed by atoms with Gasteiger partial charge in [-0.15, -0.1) is 10.2 Å². The minimum absolute atomic E-state index is 0.368. The van der Waals surface area contributed by atoms with E-state index in [2.05, 4.69) is 22.2 Å². The van der Waals surface area contributed by atoms with Crippen molar-refractivity contribution in [1.82, 2.24) is 19.8 Å². The topological polar surface area (TPSA) is 78.3 Å². The highest BCUT2D eigenvalue weighted by molar-refractivity contribution is 7.16. The predicted octanol–water partition coefficient (Wildman–Crippen LogP) is 0.784. The molecule has 0 aliphatic heterocycles. The zero-order valence-electron chi connectivity index (χ0n) is 9.38. The molecule has 0 radical (unpaired) electrons. The van der Waals surface area contributed by atoms with Gasteiger partial charge in [-0.25, -0.2) is 0 Å². The third kappa shape index (κ3) is 2.06. The fourth-order valence-electron chi connectivity index (χ4n) is 1.46. The molecule has 0 saturated heterocycles. The smallest absolute Gasteiger partial charge is 0.234 e. The number of methoxy groups -OCH3 is 1. The second kappa shape index (κ2) is 4.86. The molecule has 2 aromatic heterocycles. The van der Waals surface area contributed by atoms with Crippen LogP contribution in [0.4, 0.5) is 0 Å². The van der Waals surface area contributed by atoms with Crippen molar-refractivity contribution in [3.8, 4) is 0 Å². The molecule has 1 atom stereocenters. The summed E-state index contributed by atoms with van der Waals surface area (Å²) in [6, 6.07) is 0. The van der Waals surface area contributed by atoms with Gasteiger partial charge in [0.05, 0.1) is 0 Å². The molecule has 2 rings (SSSR count). The first-order valence-corrected chi connectivity index (χ1v) is 5.98. The van der Waals surface area contributed by atoms with Crippen molar-refractivity contribution < 1.29 is 4.74 Å². The van der Waals surface area contributed by atoms with Crippen LogP contribution in [-0.2, 0) is 11.3 Å². The van der Waals surface area contributed by atoms with Crippen LogP contribution in [0, 0.1) is 0 Å². The number of hydrogen-bond acceptors (Lipinski definition) is 6. The van der Waals surface area contributed by atoms with Crippen LogP contribution >= 0.6 is 11.3 Å². The van der Waals surface area contributed by atoms with Crippen LogP contribution < -0.4 is 5.73 Å². The molecule has 7 heteroatoms. The van der Waals surface area contributed by atoms with E-state index in [1.165, 1.54) is 0 Å². The quantitative estimate of drug-likeness (QED) is 0.837. The van der Waals surface area contributed by atoms with Crippen LogP contribution in [0.1, 0.15) is 30.1 Å². The summed E-state index contributed by atoms with van der Waals surface area (Å²) < 4.78 is 6.78. The Morgan fingerprint density at radius 2 is 2.31 bits per heavy atom. The molecule has 2 heterocycles. The van der Waals surface area contributed by atoms with Crippen molar-refractivity contribution >= 4 is 16.3 Å². The van der Waals surface area contributed by atoms with Crippen molar-refractivity contribution in [2.24, 2.45) is 5.73 Å². The van der Waals surface area contributed by atoms with E-state index in [1.807, 2.05) is 0 Å². The predicted molar refractivity (Wildman–Crippen MR) is 61.5 cm³/mol. The largest absolute Gasteiger partial charge is 0.377 e. The Balaban J connectivity index is 2.29. The fraction of sp³-hybridized carbons (Fsp3) is 0.667. The van der Waals surface area contributed by atoms with E-state index < -0.39 is 0 Å². The molecule has 88 valence electrons. The van der Waals surface area contributed by atoms with Crippen LogP contribution in [-0.4, -0.2) is 33.5 Å². The summed E-state index contributed by atoms with van der Waals surface area (Å²) in [7, 11) is 1.63. The minimum atomic E-state index is 0.368. The summed E-state index contributed by atoms with van der Waals surface area (Å²) in [6.45, 7) is 3.22. The van der Waals surface area contributed by atoms with Crippen molar-refractivity contribution in [3.63, 3.8) is 0 Å². The van der Waals surface area contributed by atoms with Gasteiger partial charge in [-0.2, -0.15) is 9.61 Å². The van der Waals surface area contributed by atoms with Crippen molar-refractivity contribution in [2.75, 3.05) is 13.7 Å². The number of aromatic nitrogens is 4. The van der Waals surface area contributed by atoms with E-state index in [0.717, 1.165) is 22.2 Å². The maximum Gasteiger partial charge on any atom is 0.234 e. The lowest BCUT2D eigenvalue weighted by molar-refractivity contribution is 0.176. The van der Waals surface area contributed by atoms with Gasteiger partial charge < -0.3 is 10.5 Å². The molecule has 0 aliphatic carbocycles. The van der Waals surface area contributed by atoms with Crippen LogP contribution in [0.15, 0.2) is 0 Å². The van der Waals surface area contributed by atoms with Gasteiger partial charge in [0.2, 0.25) is 4.96 Å². The summed E-state index contributed by atoms with van der Waals surface area (Å²) in [5, 5.41) is 13.6. The highest BCUT2D eigenvalue weighted by Gasteiger charge is 2.15. The Labute approximate surface area is 97.4 Å². The summed E-state index contributed by atoms with van der Waals surface area (Å²) in [5.74, 6) is 1.10. The highest BCUT2D eigenvalue weighted by atomic mass is 32.1. The standard InChI is InChI=1S/C9H15N5OS/c1-6(3-4-10)8-13-14-7(5-15-2)11-12-9(14)16-8/h6H,3-5,10H2,1-2H3. The second-order valence-corrected chi connectivity index (χ2v) is 4.65. The van der Waals surface area contributed by atoms with E-state index >= 15 is 0 Å². The zero-order valence-corrected chi connectivity index (χ0v) is 10.2. The third-order valence-electron chi connectivity index (χ3n) is 2.37. The number of rotatable bonds is 5. The average molecular weight is 241 g/mol. The molecule has 0 aromatic carbocycles. The molecular weight excluding hydrogens is 226 g/mol. The lowest BCUT2D eigenvalue weighted by Gasteiger charge is -2.03. The Kier molecular flexibility index (Phi) is 3.47. The second-order valence-electron chi connectivity index (χ2n) is 3.66. The van der Waals surface area contributed by atoms with E-state index in [1.54, 1.807) is 23.0 Å². The Hall–Kier alpha value is -1.05. The Morgan fingerprint density at radius 3 is 3.00 bits per heavy atom. The highest BCUT2D eigenvalue weighted by Crippen LogP contribution is 2.24. The molecule has 16 heavy (non-hydrogen) atoms. The monoisotopic (exact) mass is 241 g/mol. The van der Waals surface area contributed by atoms with Crippen LogP contribution in [0.5, 0.6) is 0 Å². The molecule has 2 aromatic rings. The lowest BCUT2D eigenvalue weighted by atomic mass is 10.1. The Morgan fingerprint density at radius 1 is 1.50 bits per heavy atom. The van der Waals surface area contributed by atoms with Gasteiger partial charge in [0.25, 0.3) is 0 Å². The van der Waals surface area contributed by atoms with Gasteiger partial charge in [-0.3, -0.25) is 0 Å². The maximum absolute atomic E-state index is 5.54. The average Bonchev–Trinajstić information content (AvgIpc) is 2.81. The van der Waals surface area contributed by atoms with Gasteiger partial charge in [-0.05, 0) is 13.0 Å². The van der Waals surface area contributed by atoms with Gasteiger partial charge in [0, 0.05) is 13.0 Å². The molecule has 0 amide bonds. The number of hydrogen-bond donors (Lipinski definition) is 1. The molecule has 0 bridgehead atoms. The van der Waals surface area contributed by atoms with E-state index in [0.29, 0.717) is 19.1 Å². The van der Waals surface area contributed by atoms with Crippen molar-refractivity contribution in [2.45, 2.75) is 25.9 Å². The molecule has 0 saturated carbocycles. The van der Waals surface area contributed by atoms with Gasteiger partial charge in [-0.1, -0.05) is 18.3 Å². The third-order valence-corrected chi connectivity index (χ3v) is 3.50. The summed E-state index contributed by atoms with van der Waals surface area (Å²) >= 11 is 1.56. The molecule has 0 fully saturated rings. The molecule has 0 spiro atoms. The zero-order chi connectivity index (χ0) is 11.5. The van der Waals surface area contributed by atoms with Gasteiger partial charge in [0.1, 0.15) is 11.6 Å². The first kappa shape index (κ1) is 11.4. The van der Waals surface area contributed by atoms with Crippen molar-refractivity contribution in [1.29, 1.82) is 0 Å². The first-order valence-electron chi connectivity index (χ1n) is 5.16. The number of nitrogens with zero attached hydrogens (tertiary/aromatic N) is 4. The maximum atomic E-state index is 5.54. The summed E-state index contributed by atoms with van der Waals surface area (Å²) in [6.07, 6.45) is 0.934. The van der Waals surface area contributed by atoms with Crippen LogP contribution in [0.2, 0.25) is 0 Å². The van der Waals surface area contributed by atoms with E-state index in [-0.39, 0.29) is 0 Å². The fourth-order valence-corrected chi connectivity index (χ4v) is 2.41. The lowest BCUT2D eigenvalue weighted by Crippen LogP contribution is -2.05. The number of ether oxygens (including phenoxy) is 1. The van der Waals surface area contributed by atoms with Crippen molar-refractivity contribution in [3.05, 3.63) is 10.8 Å². The molecule has 6 nitrogen and oxygen atoms in total. The minimum Gasteiger partial charge on any atom is -0.377 e. The molecule has 1 unspecified atom stereocenters. The molecule has 0 aliphatic rings. The van der Waals surface area contributed by atoms with E-state index in [4.69, 9.17) is 10.5 Å². The SMILES string of the molecule is COCc1nnc2sc(C(C)CCN)nn12. The summed E-state index contributed by atoms with van der Waals surface area (Å²) in [5.41, 5.74) is 5.54. The van der Waals surface area contributed by atoms with Crippen LogP contribution in [0.3, 0.4) is 0 Å².